The SMILES string of the molecule is CSc1ccccc1NC(=O)CN1CCCC[C@@H]1c1nc2ccccc2s1. The van der Waals surface area contributed by atoms with Gasteiger partial charge in [-0.15, -0.1) is 23.1 Å². The molecule has 3 aromatic rings. The molecule has 1 atom stereocenters. The normalized spacial score (nSPS) is 17.9. The number of para-hydroxylation sites is 2. The molecule has 1 aliphatic heterocycles. The molecule has 4 rings (SSSR count). The van der Waals surface area contributed by atoms with Crippen molar-refractivity contribution in [3.63, 3.8) is 0 Å². The van der Waals surface area contributed by atoms with Crippen molar-refractivity contribution in [3.05, 3.63) is 53.5 Å². The van der Waals surface area contributed by atoms with Gasteiger partial charge in [0.25, 0.3) is 0 Å². The zero-order valence-electron chi connectivity index (χ0n) is 15.4. The Balaban J connectivity index is 1.49. The Morgan fingerprint density at radius 1 is 1.22 bits per heavy atom. The maximum Gasteiger partial charge on any atom is 0.238 e. The first-order valence-corrected chi connectivity index (χ1v) is 11.3. The smallest absolute Gasteiger partial charge is 0.238 e. The number of nitrogens with one attached hydrogen (secondary N) is 1. The number of fused-ring (bicyclic) bond motifs is 1. The van der Waals surface area contributed by atoms with Gasteiger partial charge in [0.1, 0.15) is 5.01 Å². The van der Waals surface area contributed by atoms with E-state index in [4.69, 9.17) is 4.98 Å². The summed E-state index contributed by atoms with van der Waals surface area (Å²) >= 11 is 3.40. The zero-order chi connectivity index (χ0) is 18.6. The Morgan fingerprint density at radius 3 is 2.89 bits per heavy atom. The fraction of sp³-hybridized carbons (Fsp3) is 0.333. The van der Waals surface area contributed by atoms with Crippen LogP contribution in [0.5, 0.6) is 0 Å². The van der Waals surface area contributed by atoms with E-state index in [1.165, 1.54) is 11.1 Å². The van der Waals surface area contributed by atoms with E-state index in [0.717, 1.165) is 40.5 Å². The molecule has 1 N–H and O–H groups in total. The third-order valence-electron chi connectivity index (χ3n) is 4.94. The Hall–Kier alpha value is -1.89. The molecule has 1 fully saturated rings. The van der Waals surface area contributed by atoms with Crippen molar-refractivity contribution in [3.8, 4) is 0 Å². The van der Waals surface area contributed by atoms with E-state index in [9.17, 15) is 4.79 Å². The number of hydrogen-bond donors (Lipinski definition) is 1. The van der Waals surface area contributed by atoms with Crippen LogP contribution in [0.4, 0.5) is 5.69 Å². The molecule has 4 nitrogen and oxygen atoms in total. The van der Waals surface area contributed by atoms with Crippen molar-refractivity contribution in [2.75, 3.05) is 24.7 Å². The first-order valence-electron chi connectivity index (χ1n) is 9.27. The van der Waals surface area contributed by atoms with Gasteiger partial charge in [-0.05, 0) is 49.9 Å². The van der Waals surface area contributed by atoms with E-state index in [0.29, 0.717) is 6.54 Å². The Labute approximate surface area is 168 Å². The molecule has 0 aliphatic carbocycles. The minimum Gasteiger partial charge on any atom is -0.324 e. The van der Waals surface area contributed by atoms with Gasteiger partial charge in [0.2, 0.25) is 5.91 Å². The summed E-state index contributed by atoms with van der Waals surface area (Å²) in [6.07, 6.45) is 5.41. The Kier molecular flexibility index (Phi) is 5.76. The van der Waals surface area contributed by atoms with Gasteiger partial charge in [0.15, 0.2) is 0 Å². The molecular weight excluding hydrogens is 374 g/mol. The lowest BCUT2D eigenvalue weighted by Crippen LogP contribution is -2.39. The van der Waals surface area contributed by atoms with Gasteiger partial charge in [-0.1, -0.05) is 30.7 Å². The van der Waals surface area contributed by atoms with Crippen LogP contribution in [0.3, 0.4) is 0 Å². The first-order chi connectivity index (χ1) is 13.2. The molecule has 2 heterocycles. The summed E-state index contributed by atoms with van der Waals surface area (Å²) in [7, 11) is 0. The molecular formula is C21H23N3OS2. The summed E-state index contributed by atoms with van der Waals surface area (Å²) in [4.78, 5) is 20.9. The summed E-state index contributed by atoms with van der Waals surface area (Å²) in [5.41, 5.74) is 1.95. The summed E-state index contributed by atoms with van der Waals surface area (Å²) in [5, 5.41) is 4.22. The number of rotatable bonds is 5. The third kappa shape index (κ3) is 4.18. The molecule has 27 heavy (non-hydrogen) atoms. The maximum absolute atomic E-state index is 12.7. The van der Waals surface area contributed by atoms with Crippen molar-refractivity contribution in [1.82, 2.24) is 9.88 Å². The van der Waals surface area contributed by atoms with Crippen molar-refractivity contribution in [2.24, 2.45) is 0 Å². The van der Waals surface area contributed by atoms with Gasteiger partial charge in [-0.2, -0.15) is 0 Å². The second-order valence-electron chi connectivity index (χ2n) is 6.75. The van der Waals surface area contributed by atoms with Crippen LogP contribution in [-0.2, 0) is 4.79 Å². The number of aromatic nitrogens is 1. The molecule has 2 aromatic carbocycles. The number of carbonyl (C=O) groups is 1. The van der Waals surface area contributed by atoms with Crippen LogP contribution in [0.1, 0.15) is 30.3 Å². The van der Waals surface area contributed by atoms with E-state index in [1.807, 2.05) is 36.6 Å². The van der Waals surface area contributed by atoms with Gasteiger partial charge in [0, 0.05) is 4.90 Å². The van der Waals surface area contributed by atoms with Crippen LogP contribution in [0.25, 0.3) is 10.2 Å². The van der Waals surface area contributed by atoms with Crippen LogP contribution in [-0.4, -0.2) is 35.1 Å². The lowest BCUT2D eigenvalue weighted by Gasteiger charge is -2.33. The largest absolute Gasteiger partial charge is 0.324 e. The van der Waals surface area contributed by atoms with Crippen LogP contribution >= 0.6 is 23.1 Å². The van der Waals surface area contributed by atoms with Gasteiger partial charge in [-0.25, -0.2) is 4.98 Å². The Morgan fingerprint density at radius 2 is 2.04 bits per heavy atom. The molecule has 1 aromatic heterocycles. The second-order valence-corrected chi connectivity index (χ2v) is 8.66. The minimum absolute atomic E-state index is 0.0458. The van der Waals surface area contributed by atoms with E-state index < -0.39 is 0 Å². The Bertz CT molecular complexity index is 907. The van der Waals surface area contributed by atoms with E-state index in [-0.39, 0.29) is 11.9 Å². The van der Waals surface area contributed by atoms with Crippen LogP contribution in [0.2, 0.25) is 0 Å². The molecule has 1 saturated heterocycles. The highest BCUT2D eigenvalue weighted by Crippen LogP contribution is 2.35. The lowest BCUT2D eigenvalue weighted by molar-refractivity contribution is -0.118. The summed E-state index contributed by atoms with van der Waals surface area (Å²) in [6.45, 7) is 1.35. The number of nitrogens with zero attached hydrogens (tertiary/aromatic N) is 2. The highest BCUT2D eigenvalue weighted by Gasteiger charge is 2.28. The summed E-state index contributed by atoms with van der Waals surface area (Å²) < 4.78 is 1.22. The molecule has 0 bridgehead atoms. The van der Waals surface area contributed by atoms with Crippen molar-refractivity contribution >= 4 is 44.9 Å². The molecule has 1 amide bonds. The van der Waals surface area contributed by atoms with Gasteiger partial charge < -0.3 is 5.32 Å². The maximum atomic E-state index is 12.7. The molecule has 6 heteroatoms. The molecule has 0 radical (unpaired) electrons. The number of thioether (sulfide) groups is 1. The average Bonchev–Trinajstić information content (AvgIpc) is 3.13. The molecule has 0 saturated carbocycles. The van der Waals surface area contributed by atoms with E-state index >= 15 is 0 Å². The minimum atomic E-state index is 0.0458. The fourth-order valence-corrected chi connectivity index (χ4v) is 5.31. The number of benzene rings is 2. The molecule has 0 spiro atoms. The van der Waals surface area contributed by atoms with Crippen molar-refractivity contribution in [1.29, 1.82) is 0 Å². The molecule has 1 aliphatic rings. The average molecular weight is 398 g/mol. The quantitative estimate of drug-likeness (QED) is 0.602. The van der Waals surface area contributed by atoms with Crippen molar-refractivity contribution < 1.29 is 4.79 Å². The number of anilines is 1. The number of likely N-dealkylation sites (tertiary alicyclic amines) is 1. The predicted molar refractivity (Wildman–Crippen MR) is 115 cm³/mol. The van der Waals surface area contributed by atoms with Crippen LogP contribution in [0, 0.1) is 0 Å². The predicted octanol–water partition coefficient (Wildman–Crippen LogP) is 5.18. The van der Waals surface area contributed by atoms with Gasteiger partial charge in [0.05, 0.1) is 28.5 Å². The van der Waals surface area contributed by atoms with E-state index in [1.54, 1.807) is 23.1 Å². The lowest BCUT2D eigenvalue weighted by atomic mass is 10.0. The standard InChI is InChI=1S/C21H23N3OS2/c1-26-18-11-4-2-8-15(18)22-20(25)14-24-13-7-6-10-17(24)21-23-16-9-3-5-12-19(16)27-21/h2-5,8-9,11-12,17H,6-7,10,13-14H2,1H3,(H,22,25)/t17-/m1/s1. The zero-order valence-corrected chi connectivity index (χ0v) is 17.0. The highest BCUT2D eigenvalue weighted by molar-refractivity contribution is 7.98. The first kappa shape index (κ1) is 18.5. The molecule has 0 unspecified atom stereocenters. The van der Waals surface area contributed by atoms with Crippen LogP contribution < -0.4 is 5.32 Å². The summed E-state index contributed by atoms with van der Waals surface area (Å²) in [6, 6.07) is 16.5. The number of hydrogen-bond acceptors (Lipinski definition) is 5. The monoisotopic (exact) mass is 397 g/mol. The highest BCUT2D eigenvalue weighted by atomic mass is 32.2. The van der Waals surface area contributed by atoms with E-state index in [2.05, 4.69) is 28.4 Å². The fourth-order valence-electron chi connectivity index (χ4n) is 3.61. The molecule has 140 valence electrons. The second kappa shape index (κ2) is 8.42. The number of carbonyl (C=O) groups excluding carboxylic acids is 1. The third-order valence-corrected chi connectivity index (χ3v) is 6.87. The van der Waals surface area contributed by atoms with Crippen molar-refractivity contribution in [2.45, 2.75) is 30.2 Å². The topological polar surface area (TPSA) is 45.2 Å². The number of thiazole rings is 1. The van der Waals surface area contributed by atoms with Crippen LogP contribution in [0.15, 0.2) is 53.4 Å². The number of piperidine rings is 1. The van der Waals surface area contributed by atoms with Gasteiger partial charge in [-0.3, -0.25) is 9.69 Å². The summed E-state index contributed by atoms with van der Waals surface area (Å²) in [5.74, 6) is 0.0458. The number of amides is 1. The van der Waals surface area contributed by atoms with Gasteiger partial charge >= 0.3 is 0 Å².